The van der Waals surface area contributed by atoms with Gasteiger partial charge in [-0.2, -0.15) is 0 Å². The second-order valence-electron chi connectivity index (χ2n) is 6.01. The van der Waals surface area contributed by atoms with Crippen molar-refractivity contribution in [2.45, 2.75) is 20.4 Å². The van der Waals surface area contributed by atoms with E-state index in [0.717, 1.165) is 22.1 Å². The van der Waals surface area contributed by atoms with Gasteiger partial charge in [0, 0.05) is 23.7 Å². The molecule has 0 unspecified atom stereocenters. The molecule has 134 valence electrons. The molecule has 1 heterocycles. The Bertz CT molecular complexity index is 1060. The summed E-state index contributed by atoms with van der Waals surface area (Å²) in [4.78, 5) is 23.7. The molecule has 3 rings (SSSR count). The Kier molecular flexibility index (Phi) is 5.00. The third-order valence-corrected chi connectivity index (χ3v) is 4.70. The van der Waals surface area contributed by atoms with Gasteiger partial charge in [-0.05, 0) is 48.7 Å². The van der Waals surface area contributed by atoms with Crippen LogP contribution in [-0.2, 0) is 11.3 Å². The molecule has 2 aromatic carbocycles. The van der Waals surface area contributed by atoms with Gasteiger partial charge in [-0.3, -0.25) is 0 Å². The predicted molar refractivity (Wildman–Crippen MR) is 102 cm³/mol. The Labute approximate surface area is 155 Å². The Hall–Kier alpha value is -2.79. The molecule has 0 aliphatic carbocycles. The first kappa shape index (κ1) is 18.0. The fourth-order valence-electron chi connectivity index (χ4n) is 2.77. The molecular weight excluding hydrogens is 354 g/mol. The normalized spacial score (nSPS) is 10.8. The van der Waals surface area contributed by atoms with Crippen LogP contribution in [0.4, 0.5) is 5.69 Å². The molecule has 1 aromatic heterocycles. The van der Waals surface area contributed by atoms with Crippen molar-refractivity contribution in [1.82, 2.24) is 0 Å². The summed E-state index contributed by atoms with van der Waals surface area (Å²) in [5, 5.41) is 4.41. The maximum Gasteiger partial charge on any atom is 0.339 e. The molecule has 0 aliphatic rings. The average molecular weight is 372 g/mol. The molecule has 0 saturated heterocycles. The van der Waals surface area contributed by atoms with E-state index in [1.807, 2.05) is 26.0 Å². The lowest BCUT2D eigenvalue weighted by Crippen LogP contribution is -2.08. The van der Waals surface area contributed by atoms with E-state index >= 15 is 0 Å². The number of fused-ring (bicyclic) bond motifs is 1. The largest absolute Gasteiger partial charge is 0.465 e. The zero-order valence-corrected chi connectivity index (χ0v) is 15.4. The lowest BCUT2D eigenvalue weighted by Gasteiger charge is -2.12. The molecule has 1 N–H and O–H groups in total. The maximum atomic E-state index is 11.9. The Morgan fingerprint density at radius 1 is 1.19 bits per heavy atom. The van der Waals surface area contributed by atoms with Gasteiger partial charge >= 0.3 is 11.6 Å². The van der Waals surface area contributed by atoms with E-state index in [1.165, 1.54) is 13.2 Å². The van der Waals surface area contributed by atoms with Gasteiger partial charge < -0.3 is 14.5 Å². The van der Waals surface area contributed by atoms with E-state index in [1.54, 1.807) is 18.2 Å². The van der Waals surface area contributed by atoms with Crippen molar-refractivity contribution in [3.8, 4) is 0 Å². The van der Waals surface area contributed by atoms with Crippen LogP contribution in [0.15, 0.2) is 45.6 Å². The number of carbonyl (C=O) groups is 1. The topological polar surface area (TPSA) is 68.5 Å². The Morgan fingerprint density at radius 2 is 1.96 bits per heavy atom. The molecule has 0 atom stereocenters. The minimum Gasteiger partial charge on any atom is -0.465 e. The summed E-state index contributed by atoms with van der Waals surface area (Å²) in [6, 6.07) is 10.4. The molecule has 0 bridgehead atoms. The fourth-order valence-corrected chi connectivity index (χ4v) is 2.96. The van der Waals surface area contributed by atoms with Gasteiger partial charge in [-0.25, -0.2) is 9.59 Å². The number of rotatable bonds is 4. The van der Waals surface area contributed by atoms with Gasteiger partial charge in [0.25, 0.3) is 0 Å². The number of hydrogen-bond donors (Lipinski definition) is 1. The molecule has 0 amide bonds. The highest BCUT2D eigenvalue weighted by Gasteiger charge is 2.13. The average Bonchev–Trinajstić information content (AvgIpc) is 2.63. The van der Waals surface area contributed by atoms with E-state index in [9.17, 15) is 9.59 Å². The number of methoxy groups -OCH3 is 1. The van der Waals surface area contributed by atoms with Crippen LogP contribution in [0.3, 0.4) is 0 Å². The van der Waals surface area contributed by atoms with E-state index in [4.69, 9.17) is 20.8 Å². The minimum atomic E-state index is -0.504. The number of aryl methyl sites for hydroxylation is 2. The van der Waals surface area contributed by atoms with Gasteiger partial charge in [0.2, 0.25) is 0 Å². The monoisotopic (exact) mass is 371 g/mol. The zero-order valence-electron chi connectivity index (χ0n) is 14.7. The van der Waals surface area contributed by atoms with E-state index in [2.05, 4.69) is 5.32 Å². The standard InChI is InChI=1S/C20H18ClNO4/c1-11-4-6-15-13(8-18(23)26-19(15)12(11)2)10-22-14-5-7-17(21)16(9-14)20(24)25-3/h4-9,22H,10H2,1-3H3. The van der Waals surface area contributed by atoms with Crippen molar-refractivity contribution in [2.75, 3.05) is 12.4 Å². The van der Waals surface area contributed by atoms with Crippen molar-refractivity contribution in [1.29, 1.82) is 0 Å². The van der Waals surface area contributed by atoms with Crippen molar-refractivity contribution < 1.29 is 13.9 Å². The van der Waals surface area contributed by atoms with Crippen molar-refractivity contribution >= 4 is 34.2 Å². The molecule has 26 heavy (non-hydrogen) atoms. The zero-order chi connectivity index (χ0) is 18.8. The molecule has 3 aromatic rings. The number of carbonyl (C=O) groups excluding carboxylic acids is 1. The summed E-state index contributed by atoms with van der Waals surface area (Å²) in [6.45, 7) is 4.30. The van der Waals surface area contributed by atoms with Crippen LogP contribution in [0.2, 0.25) is 5.02 Å². The third kappa shape index (κ3) is 3.44. The molecular formula is C20H18ClNO4. The van der Waals surface area contributed by atoms with Crippen LogP contribution in [0.1, 0.15) is 27.0 Å². The highest BCUT2D eigenvalue weighted by molar-refractivity contribution is 6.33. The summed E-state index contributed by atoms with van der Waals surface area (Å²) in [6.07, 6.45) is 0. The quantitative estimate of drug-likeness (QED) is 0.541. The number of benzene rings is 2. The molecule has 0 saturated carbocycles. The highest BCUT2D eigenvalue weighted by Crippen LogP contribution is 2.25. The second kappa shape index (κ2) is 7.22. The summed E-state index contributed by atoms with van der Waals surface area (Å²) in [5.74, 6) is -0.504. The summed E-state index contributed by atoms with van der Waals surface area (Å²) >= 11 is 6.04. The lowest BCUT2D eigenvalue weighted by molar-refractivity contribution is 0.0601. The van der Waals surface area contributed by atoms with Crippen LogP contribution in [0.5, 0.6) is 0 Å². The molecule has 6 heteroatoms. The minimum absolute atomic E-state index is 0.281. The van der Waals surface area contributed by atoms with Crippen molar-refractivity contribution in [3.05, 3.63) is 74.1 Å². The van der Waals surface area contributed by atoms with E-state index in [-0.39, 0.29) is 5.56 Å². The second-order valence-corrected chi connectivity index (χ2v) is 6.42. The first-order chi connectivity index (χ1) is 12.4. The number of hydrogen-bond acceptors (Lipinski definition) is 5. The van der Waals surface area contributed by atoms with Gasteiger partial charge in [-0.15, -0.1) is 0 Å². The number of nitrogens with one attached hydrogen (secondary N) is 1. The summed E-state index contributed by atoms with van der Waals surface area (Å²) in [5.41, 5.74) is 4.00. The first-order valence-corrected chi connectivity index (χ1v) is 8.43. The maximum absolute atomic E-state index is 11.9. The molecule has 5 nitrogen and oxygen atoms in total. The fraction of sp³-hybridized carbons (Fsp3) is 0.200. The van der Waals surface area contributed by atoms with Crippen LogP contribution in [-0.4, -0.2) is 13.1 Å². The third-order valence-electron chi connectivity index (χ3n) is 4.37. The highest BCUT2D eigenvalue weighted by atomic mass is 35.5. The van der Waals surface area contributed by atoms with Gasteiger partial charge in [0.05, 0.1) is 17.7 Å². The summed E-state index contributed by atoms with van der Waals surface area (Å²) in [7, 11) is 1.30. The van der Waals surface area contributed by atoms with Gasteiger partial charge in [0.1, 0.15) is 5.58 Å². The van der Waals surface area contributed by atoms with E-state index < -0.39 is 11.6 Å². The molecule has 0 radical (unpaired) electrons. The van der Waals surface area contributed by atoms with Crippen LogP contribution >= 0.6 is 11.6 Å². The first-order valence-electron chi connectivity index (χ1n) is 8.05. The van der Waals surface area contributed by atoms with Crippen LogP contribution < -0.4 is 10.9 Å². The van der Waals surface area contributed by atoms with Gasteiger partial charge in [-0.1, -0.05) is 23.7 Å². The summed E-state index contributed by atoms with van der Waals surface area (Å²) < 4.78 is 10.1. The van der Waals surface area contributed by atoms with Crippen molar-refractivity contribution in [2.24, 2.45) is 0 Å². The Balaban J connectivity index is 1.95. The van der Waals surface area contributed by atoms with Crippen molar-refractivity contribution in [3.63, 3.8) is 0 Å². The number of ether oxygens (including phenoxy) is 1. The van der Waals surface area contributed by atoms with Crippen LogP contribution in [0, 0.1) is 13.8 Å². The van der Waals surface area contributed by atoms with Crippen LogP contribution in [0.25, 0.3) is 11.0 Å². The Morgan fingerprint density at radius 3 is 2.69 bits per heavy atom. The van der Waals surface area contributed by atoms with E-state index in [0.29, 0.717) is 22.8 Å². The number of anilines is 1. The number of halogens is 1. The number of esters is 1. The SMILES string of the molecule is COC(=O)c1cc(NCc2cc(=O)oc3c(C)c(C)ccc23)ccc1Cl. The van der Waals surface area contributed by atoms with Gasteiger partial charge in [0.15, 0.2) is 0 Å². The molecule has 0 fully saturated rings. The lowest BCUT2D eigenvalue weighted by atomic mass is 10.0. The predicted octanol–water partition coefficient (Wildman–Crippen LogP) is 4.46. The molecule has 0 aliphatic heterocycles. The molecule has 0 spiro atoms. The smallest absolute Gasteiger partial charge is 0.339 e.